The van der Waals surface area contributed by atoms with E-state index in [9.17, 15) is 4.79 Å². The predicted octanol–water partition coefficient (Wildman–Crippen LogP) is 2.30. The van der Waals surface area contributed by atoms with Crippen LogP contribution in [0.2, 0.25) is 0 Å². The Balaban J connectivity index is 0. The van der Waals surface area contributed by atoms with Gasteiger partial charge in [-0.25, -0.2) is 4.79 Å². The van der Waals surface area contributed by atoms with Crippen LogP contribution in [0.3, 0.4) is 0 Å². The molecule has 4 nitrogen and oxygen atoms in total. The first-order valence-electron chi connectivity index (χ1n) is 4.58. The monoisotopic (exact) mass is 202 g/mol. The minimum absolute atomic E-state index is 0.250. The van der Waals surface area contributed by atoms with Crippen molar-refractivity contribution in [3.8, 4) is 0 Å². The second kappa shape index (κ2) is 11.7. The molecular formula is C10H18O4. The van der Waals surface area contributed by atoms with Crippen LogP contribution in [-0.2, 0) is 9.59 Å². The Morgan fingerprint density at radius 1 is 1.36 bits per heavy atom. The highest BCUT2D eigenvalue weighted by atomic mass is 16.4. The first-order valence-corrected chi connectivity index (χ1v) is 4.58. The van der Waals surface area contributed by atoms with E-state index >= 15 is 0 Å². The van der Waals surface area contributed by atoms with Crippen LogP contribution < -0.4 is 0 Å². The lowest BCUT2D eigenvalue weighted by Gasteiger charge is -1.93. The van der Waals surface area contributed by atoms with Crippen LogP contribution in [0.15, 0.2) is 11.6 Å². The zero-order chi connectivity index (χ0) is 11.4. The lowest BCUT2D eigenvalue weighted by molar-refractivity contribution is -0.132. The van der Waals surface area contributed by atoms with Gasteiger partial charge in [0, 0.05) is 5.57 Å². The molecule has 0 aliphatic carbocycles. The summed E-state index contributed by atoms with van der Waals surface area (Å²) in [7, 11) is 0. The van der Waals surface area contributed by atoms with Gasteiger partial charge in [0.05, 0.1) is 0 Å². The van der Waals surface area contributed by atoms with E-state index in [0.29, 0.717) is 5.57 Å². The molecule has 82 valence electrons. The summed E-state index contributed by atoms with van der Waals surface area (Å²) in [4.78, 5) is 18.7. The fraction of sp³-hybridized carbons (Fsp3) is 0.600. The molecule has 0 saturated heterocycles. The van der Waals surface area contributed by atoms with Crippen molar-refractivity contribution in [2.24, 2.45) is 0 Å². The molecule has 0 spiro atoms. The third-order valence-corrected chi connectivity index (χ3v) is 1.60. The van der Waals surface area contributed by atoms with E-state index in [1.807, 2.05) is 0 Å². The molecule has 4 heteroatoms. The Morgan fingerprint density at radius 2 is 1.86 bits per heavy atom. The third kappa shape index (κ3) is 13.3. The largest absolute Gasteiger partial charge is 0.483 e. The van der Waals surface area contributed by atoms with Crippen molar-refractivity contribution in [3.05, 3.63) is 11.6 Å². The number of hydrogen-bond donors (Lipinski definition) is 2. The Kier molecular flexibility index (Phi) is 12.7. The summed E-state index contributed by atoms with van der Waals surface area (Å²) in [6, 6.07) is 0. The minimum Gasteiger partial charge on any atom is -0.483 e. The lowest BCUT2D eigenvalue weighted by atomic mass is 10.1. The van der Waals surface area contributed by atoms with Gasteiger partial charge in [-0.05, 0) is 19.8 Å². The number of rotatable bonds is 5. The molecule has 0 fully saturated rings. The SMILES string of the molecule is CCCCCC=C(C)C(=O)O.O=CO. The van der Waals surface area contributed by atoms with Gasteiger partial charge < -0.3 is 10.2 Å². The van der Waals surface area contributed by atoms with Crippen LogP contribution in [-0.4, -0.2) is 22.7 Å². The number of hydrogen-bond acceptors (Lipinski definition) is 2. The zero-order valence-corrected chi connectivity index (χ0v) is 8.69. The predicted molar refractivity (Wildman–Crippen MR) is 54.2 cm³/mol. The second-order valence-electron chi connectivity index (χ2n) is 2.79. The maximum atomic E-state index is 10.3. The van der Waals surface area contributed by atoms with Crippen molar-refractivity contribution in [2.75, 3.05) is 0 Å². The van der Waals surface area contributed by atoms with E-state index < -0.39 is 5.97 Å². The Morgan fingerprint density at radius 3 is 2.21 bits per heavy atom. The van der Waals surface area contributed by atoms with E-state index in [2.05, 4.69) is 6.92 Å². The number of aliphatic carboxylic acids is 1. The lowest BCUT2D eigenvalue weighted by Crippen LogP contribution is -1.95. The maximum Gasteiger partial charge on any atom is 0.330 e. The van der Waals surface area contributed by atoms with Gasteiger partial charge in [-0.15, -0.1) is 0 Å². The first kappa shape index (κ1) is 15.2. The van der Waals surface area contributed by atoms with Gasteiger partial charge in [-0.2, -0.15) is 0 Å². The molecule has 0 saturated carbocycles. The Bertz CT molecular complexity index is 185. The fourth-order valence-electron chi connectivity index (χ4n) is 0.800. The van der Waals surface area contributed by atoms with Crippen molar-refractivity contribution in [1.29, 1.82) is 0 Å². The molecule has 0 aromatic rings. The second-order valence-corrected chi connectivity index (χ2v) is 2.79. The third-order valence-electron chi connectivity index (χ3n) is 1.60. The molecule has 0 aromatic heterocycles. The standard InChI is InChI=1S/C9H16O2.CH2O2/c1-3-4-5-6-7-8(2)9(10)11;2-1-3/h7H,3-6H2,1-2H3,(H,10,11);1H,(H,2,3). The van der Waals surface area contributed by atoms with Gasteiger partial charge in [0.2, 0.25) is 0 Å². The molecule has 0 heterocycles. The van der Waals surface area contributed by atoms with E-state index in [4.69, 9.17) is 15.0 Å². The summed E-state index contributed by atoms with van der Waals surface area (Å²) in [6.45, 7) is 3.52. The van der Waals surface area contributed by atoms with E-state index in [1.165, 1.54) is 12.8 Å². The number of carboxylic acid groups (broad SMARTS) is 2. The molecule has 0 aliphatic rings. The van der Waals surface area contributed by atoms with Crippen molar-refractivity contribution < 1.29 is 19.8 Å². The molecule has 0 bridgehead atoms. The van der Waals surface area contributed by atoms with Crippen molar-refractivity contribution in [3.63, 3.8) is 0 Å². The number of unbranched alkanes of at least 4 members (excludes halogenated alkanes) is 3. The van der Waals surface area contributed by atoms with Crippen LogP contribution in [0.5, 0.6) is 0 Å². The molecule has 0 atom stereocenters. The molecule has 2 N–H and O–H groups in total. The smallest absolute Gasteiger partial charge is 0.330 e. The maximum absolute atomic E-state index is 10.3. The summed E-state index contributed by atoms with van der Waals surface area (Å²) >= 11 is 0. The number of carbonyl (C=O) groups is 2. The van der Waals surface area contributed by atoms with Gasteiger partial charge in [0.25, 0.3) is 6.47 Å². The van der Waals surface area contributed by atoms with Gasteiger partial charge in [-0.3, -0.25) is 4.79 Å². The van der Waals surface area contributed by atoms with Crippen LogP contribution in [0, 0.1) is 0 Å². The Hall–Kier alpha value is -1.32. The average molecular weight is 202 g/mol. The van der Waals surface area contributed by atoms with Crippen LogP contribution in [0.1, 0.15) is 39.5 Å². The van der Waals surface area contributed by atoms with Gasteiger partial charge in [0.1, 0.15) is 0 Å². The van der Waals surface area contributed by atoms with Gasteiger partial charge in [0.15, 0.2) is 0 Å². The first-order chi connectivity index (χ1) is 6.59. The van der Waals surface area contributed by atoms with E-state index in [0.717, 1.165) is 12.8 Å². The molecule has 14 heavy (non-hydrogen) atoms. The van der Waals surface area contributed by atoms with Gasteiger partial charge in [-0.1, -0.05) is 25.8 Å². The van der Waals surface area contributed by atoms with Gasteiger partial charge >= 0.3 is 5.97 Å². The van der Waals surface area contributed by atoms with Crippen LogP contribution in [0.4, 0.5) is 0 Å². The normalized spacial score (nSPS) is 10.0. The summed E-state index contributed by atoms with van der Waals surface area (Å²) in [5, 5.41) is 15.4. The highest BCUT2D eigenvalue weighted by Crippen LogP contribution is 2.02. The van der Waals surface area contributed by atoms with E-state index in [-0.39, 0.29) is 6.47 Å². The highest BCUT2D eigenvalue weighted by molar-refractivity contribution is 5.85. The number of carboxylic acids is 1. The average Bonchev–Trinajstić information content (AvgIpc) is 2.13. The molecule has 0 aliphatic heterocycles. The van der Waals surface area contributed by atoms with Crippen LogP contribution in [0.25, 0.3) is 0 Å². The summed E-state index contributed by atoms with van der Waals surface area (Å²) in [6.07, 6.45) is 6.15. The molecular weight excluding hydrogens is 184 g/mol. The molecule has 0 rings (SSSR count). The van der Waals surface area contributed by atoms with E-state index in [1.54, 1.807) is 13.0 Å². The van der Waals surface area contributed by atoms with Crippen molar-refractivity contribution in [1.82, 2.24) is 0 Å². The number of allylic oxidation sites excluding steroid dienone is 1. The Labute approximate surface area is 84.3 Å². The fourth-order valence-corrected chi connectivity index (χ4v) is 0.800. The molecule has 0 unspecified atom stereocenters. The van der Waals surface area contributed by atoms with Crippen LogP contribution >= 0.6 is 0 Å². The molecule has 0 radical (unpaired) electrons. The molecule has 0 amide bonds. The zero-order valence-electron chi connectivity index (χ0n) is 8.69. The summed E-state index contributed by atoms with van der Waals surface area (Å²) < 4.78 is 0. The summed E-state index contributed by atoms with van der Waals surface area (Å²) in [5.74, 6) is -0.804. The summed E-state index contributed by atoms with van der Waals surface area (Å²) in [5.41, 5.74) is 0.459. The topological polar surface area (TPSA) is 74.6 Å². The molecule has 0 aromatic carbocycles. The minimum atomic E-state index is -0.804. The quantitative estimate of drug-likeness (QED) is 0.407. The van der Waals surface area contributed by atoms with Crippen molar-refractivity contribution in [2.45, 2.75) is 39.5 Å². The van der Waals surface area contributed by atoms with Crippen molar-refractivity contribution >= 4 is 12.4 Å². The highest BCUT2D eigenvalue weighted by Gasteiger charge is 1.96.